The molecule has 0 amide bonds. The monoisotopic (exact) mass is 616 g/mol. The average molecular weight is 616 g/mol. The molecule has 44 heavy (non-hydrogen) atoms. The molecule has 0 saturated carbocycles. The van der Waals surface area contributed by atoms with E-state index in [4.69, 9.17) is 0 Å². The minimum Gasteiger partial charge on any atom is -0.247 e. The standard InChI is InChI=1S/C42H82N2/c1-5-8-11-14-16-18-19-20-21-22-23-24-25-26-28-31-34-37-41(36-33-29-13-10-7-3)42-43-38-39-44(42)40(4)35-32-30-27-17-15-12-9-6-2/h38-41H,5-37H2,1-4H3/p+1. The SMILES string of the molecule is CCCCCCCCCCCCCCCCCCCC(CCCCCCC)c1[nH]cc[n+]1C(C)CCCCCCCCCC. The summed E-state index contributed by atoms with van der Waals surface area (Å²) in [7, 11) is 0. The van der Waals surface area contributed by atoms with Gasteiger partial charge in [-0.3, -0.25) is 0 Å². The van der Waals surface area contributed by atoms with Crippen LogP contribution in [0.15, 0.2) is 12.4 Å². The first-order valence-electron chi connectivity index (χ1n) is 20.8. The second kappa shape index (κ2) is 32.2. The zero-order valence-electron chi connectivity index (χ0n) is 31.1. The van der Waals surface area contributed by atoms with Gasteiger partial charge < -0.3 is 0 Å². The van der Waals surface area contributed by atoms with Crippen LogP contribution in [0.25, 0.3) is 0 Å². The molecule has 2 atom stereocenters. The Morgan fingerprint density at radius 2 is 0.727 bits per heavy atom. The fourth-order valence-electron chi connectivity index (χ4n) is 7.31. The first-order valence-corrected chi connectivity index (χ1v) is 20.8. The van der Waals surface area contributed by atoms with E-state index < -0.39 is 0 Å². The molecule has 260 valence electrons. The lowest BCUT2D eigenvalue weighted by Crippen LogP contribution is -2.41. The summed E-state index contributed by atoms with van der Waals surface area (Å²) in [6.07, 6.45) is 51.7. The molecular weight excluding hydrogens is 532 g/mol. The zero-order chi connectivity index (χ0) is 31.8. The highest BCUT2D eigenvalue weighted by atomic mass is 15.1. The first-order chi connectivity index (χ1) is 21.7. The summed E-state index contributed by atoms with van der Waals surface area (Å²) in [6.45, 7) is 9.42. The van der Waals surface area contributed by atoms with Gasteiger partial charge in [-0.1, -0.05) is 207 Å². The Bertz CT molecular complexity index is 679. The smallest absolute Gasteiger partial charge is 0.247 e. The molecule has 0 radical (unpaired) electrons. The van der Waals surface area contributed by atoms with Crippen molar-refractivity contribution in [1.82, 2.24) is 4.98 Å². The fourth-order valence-corrected chi connectivity index (χ4v) is 7.31. The minimum absolute atomic E-state index is 0.620. The van der Waals surface area contributed by atoms with Gasteiger partial charge in [0.25, 0.3) is 5.82 Å². The molecule has 1 N–H and O–H groups in total. The molecule has 0 aliphatic rings. The topological polar surface area (TPSA) is 19.7 Å². The summed E-state index contributed by atoms with van der Waals surface area (Å²) >= 11 is 0. The first kappa shape index (κ1) is 41.2. The Morgan fingerprint density at radius 1 is 0.432 bits per heavy atom. The van der Waals surface area contributed by atoms with Crippen LogP contribution in [0.5, 0.6) is 0 Å². The predicted molar refractivity (Wildman–Crippen MR) is 198 cm³/mol. The molecule has 0 saturated heterocycles. The summed E-state index contributed by atoms with van der Waals surface area (Å²) in [4.78, 5) is 3.74. The van der Waals surface area contributed by atoms with Gasteiger partial charge in [0.2, 0.25) is 0 Å². The number of unbranched alkanes of at least 4 members (excludes halogenated alkanes) is 27. The number of imidazole rings is 1. The molecular formula is C42H83N2+. The summed E-state index contributed by atoms with van der Waals surface area (Å²) in [6, 6.07) is 0.620. The quantitative estimate of drug-likeness (QED) is 0.0579. The van der Waals surface area contributed by atoms with Gasteiger partial charge in [0.15, 0.2) is 0 Å². The highest BCUT2D eigenvalue weighted by molar-refractivity contribution is 4.90. The van der Waals surface area contributed by atoms with Crippen LogP contribution >= 0.6 is 0 Å². The van der Waals surface area contributed by atoms with E-state index in [0.29, 0.717) is 12.0 Å². The van der Waals surface area contributed by atoms with E-state index in [0.717, 1.165) is 0 Å². The molecule has 0 fully saturated rings. The van der Waals surface area contributed by atoms with Gasteiger partial charge in [0.1, 0.15) is 12.4 Å². The second-order valence-electron chi connectivity index (χ2n) is 14.7. The Hall–Kier alpha value is -0.790. The molecule has 0 spiro atoms. The summed E-state index contributed by atoms with van der Waals surface area (Å²) < 4.78 is 2.63. The van der Waals surface area contributed by atoms with Crippen molar-refractivity contribution in [3.8, 4) is 0 Å². The summed E-state index contributed by atoms with van der Waals surface area (Å²) in [5, 5.41) is 0. The lowest BCUT2D eigenvalue weighted by molar-refractivity contribution is -0.727. The van der Waals surface area contributed by atoms with E-state index >= 15 is 0 Å². The number of rotatable bonds is 35. The van der Waals surface area contributed by atoms with Gasteiger partial charge in [-0.25, -0.2) is 9.55 Å². The fraction of sp³-hybridized carbons (Fsp3) is 0.929. The van der Waals surface area contributed by atoms with Crippen LogP contribution in [0.2, 0.25) is 0 Å². The molecule has 2 nitrogen and oxygen atoms in total. The molecule has 0 aromatic carbocycles. The van der Waals surface area contributed by atoms with Crippen molar-refractivity contribution >= 4 is 0 Å². The largest absolute Gasteiger partial charge is 0.257 e. The van der Waals surface area contributed by atoms with Crippen LogP contribution < -0.4 is 4.57 Å². The van der Waals surface area contributed by atoms with E-state index in [1.165, 1.54) is 218 Å². The molecule has 2 heteroatoms. The van der Waals surface area contributed by atoms with Gasteiger partial charge in [-0.15, -0.1) is 0 Å². The van der Waals surface area contributed by atoms with Crippen molar-refractivity contribution < 1.29 is 4.57 Å². The lowest BCUT2D eigenvalue weighted by atomic mass is 9.93. The van der Waals surface area contributed by atoms with Gasteiger partial charge in [-0.05, 0) is 32.6 Å². The highest BCUT2D eigenvalue weighted by Crippen LogP contribution is 2.27. The predicted octanol–water partition coefficient (Wildman–Crippen LogP) is 14.9. The van der Waals surface area contributed by atoms with Gasteiger partial charge in [-0.2, -0.15) is 0 Å². The van der Waals surface area contributed by atoms with Crippen LogP contribution in [0, 0.1) is 0 Å². The normalized spacial score (nSPS) is 13.1. The van der Waals surface area contributed by atoms with E-state index in [1.807, 2.05) is 0 Å². The number of nitrogens with zero attached hydrogens (tertiary/aromatic N) is 1. The van der Waals surface area contributed by atoms with Crippen molar-refractivity contribution in [1.29, 1.82) is 0 Å². The zero-order valence-corrected chi connectivity index (χ0v) is 31.1. The van der Waals surface area contributed by atoms with E-state index in [-0.39, 0.29) is 0 Å². The third kappa shape index (κ3) is 23.5. The van der Waals surface area contributed by atoms with E-state index in [9.17, 15) is 0 Å². The number of hydrogen-bond acceptors (Lipinski definition) is 0. The second-order valence-corrected chi connectivity index (χ2v) is 14.7. The molecule has 2 unspecified atom stereocenters. The Kier molecular flexibility index (Phi) is 30.1. The van der Waals surface area contributed by atoms with Crippen LogP contribution in [0.4, 0.5) is 0 Å². The summed E-state index contributed by atoms with van der Waals surface area (Å²) in [5.41, 5.74) is 0. The lowest BCUT2D eigenvalue weighted by Gasteiger charge is -2.17. The van der Waals surface area contributed by atoms with Crippen LogP contribution in [-0.2, 0) is 0 Å². The minimum atomic E-state index is 0.620. The molecule has 1 rings (SSSR count). The molecule has 0 aliphatic heterocycles. The maximum absolute atomic E-state index is 3.74. The maximum atomic E-state index is 3.74. The number of nitrogens with one attached hydrogen (secondary N) is 1. The van der Waals surface area contributed by atoms with Crippen molar-refractivity contribution in [3.63, 3.8) is 0 Å². The number of H-pyrrole nitrogens is 1. The van der Waals surface area contributed by atoms with Crippen molar-refractivity contribution in [3.05, 3.63) is 18.2 Å². The Morgan fingerprint density at radius 3 is 1.07 bits per heavy atom. The molecule has 1 aromatic heterocycles. The number of aromatic amines is 1. The number of aromatic nitrogens is 2. The van der Waals surface area contributed by atoms with Crippen LogP contribution in [-0.4, -0.2) is 4.98 Å². The van der Waals surface area contributed by atoms with E-state index in [1.54, 1.807) is 0 Å². The average Bonchev–Trinajstić information content (AvgIpc) is 3.52. The molecule has 1 aromatic rings. The van der Waals surface area contributed by atoms with Crippen LogP contribution in [0.1, 0.15) is 257 Å². The molecule has 0 bridgehead atoms. The summed E-state index contributed by atoms with van der Waals surface area (Å²) in [5.74, 6) is 2.24. The Balaban J connectivity index is 2.26. The maximum Gasteiger partial charge on any atom is 0.257 e. The van der Waals surface area contributed by atoms with Gasteiger partial charge >= 0.3 is 0 Å². The Labute approximate surface area is 278 Å². The van der Waals surface area contributed by atoms with E-state index in [2.05, 4.69) is 49.6 Å². The highest BCUT2D eigenvalue weighted by Gasteiger charge is 2.25. The van der Waals surface area contributed by atoms with Crippen molar-refractivity contribution in [2.75, 3.05) is 0 Å². The third-order valence-electron chi connectivity index (χ3n) is 10.4. The molecule has 0 aliphatic carbocycles. The van der Waals surface area contributed by atoms with Crippen molar-refractivity contribution in [2.45, 2.75) is 252 Å². The number of hydrogen-bond donors (Lipinski definition) is 1. The van der Waals surface area contributed by atoms with Gasteiger partial charge in [0, 0.05) is 0 Å². The third-order valence-corrected chi connectivity index (χ3v) is 10.4. The van der Waals surface area contributed by atoms with Crippen LogP contribution in [0.3, 0.4) is 0 Å². The van der Waals surface area contributed by atoms with Crippen molar-refractivity contribution in [2.24, 2.45) is 0 Å². The van der Waals surface area contributed by atoms with Gasteiger partial charge in [0.05, 0.1) is 12.0 Å². The molecule has 1 heterocycles.